The van der Waals surface area contributed by atoms with Gasteiger partial charge in [0, 0.05) is 24.8 Å². The normalized spacial score (nSPS) is 9.89. The molecular weight excluding hydrogens is 234 g/mol. The third-order valence-electron chi connectivity index (χ3n) is 2.60. The number of benzene rings is 1. The maximum atomic E-state index is 10.9. The molecule has 5 nitrogen and oxygen atoms in total. The van der Waals surface area contributed by atoms with Crippen LogP contribution in [0.3, 0.4) is 0 Å². The van der Waals surface area contributed by atoms with Crippen LogP contribution in [0.15, 0.2) is 18.2 Å². The van der Waals surface area contributed by atoms with Crippen LogP contribution in [0.25, 0.3) is 0 Å². The largest absolute Gasteiger partial charge is 0.481 e. The van der Waals surface area contributed by atoms with Crippen molar-refractivity contribution in [2.75, 3.05) is 24.6 Å². The van der Waals surface area contributed by atoms with Crippen molar-refractivity contribution in [1.29, 1.82) is 0 Å². The fourth-order valence-corrected chi connectivity index (χ4v) is 1.67. The lowest BCUT2D eigenvalue weighted by atomic mass is 10.2. The average Bonchev–Trinajstić information content (AvgIpc) is 2.38. The van der Waals surface area contributed by atoms with Crippen LogP contribution in [-0.2, 0) is 4.79 Å². The minimum Gasteiger partial charge on any atom is -0.481 e. The highest BCUT2D eigenvalue weighted by Gasteiger charge is 2.09. The van der Waals surface area contributed by atoms with E-state index in [2.05, 4.69) is 4.90 Å². The number of aliphatic carboxylic acids is 1. The molecule has 0 aliphatic rings. The highest BCUT2D eigenvalue weighted by Crippen LogP contribution is 2.24. The fourth-order valence-electron chi connectivity index (χ4n) is 1.67. The molecule has 0 amide bonds. The van der Waals surface area contributed by atoms with E-state index in [-0.39, 0.29) is 0 Å². The topological polar surface area (TPSA) is 66.8 Å². The van der Waals surface area contributed by atoms with Crippen LogP contribution in [0.2, 0.25) is 0 Å². The molecule has 1 rings (SSSR count). The van der Waals surface area contributed by atoms with Crippen molar-refractivity contribution in [2.45, 2.75) is 13.8 Å². The lowest BCUT2D eigenvalue weighted by Crippen LogP contribution is -2.22. The number of aldehydes is 1. The molecule has 0 radical (unpaired) electrons. The standard InChI is InChI=1S/C13H17NO4/c1-3-14(4-2)11-6-5-10(8-15)12(7-11)18-9-13(16)17/h5-8H,3-4,9H2,1-2H3,(H,16,17). The predicted octanol–water partition coefficient (Wildman–Crippen LogP) is 1.81. The van der Waals surface area contributed by atoms with Gasteiger partial charge < -0.3 is 14.7 Å². The molecule has 0 heterocycles. The van der Waals surface area contributed by atoms with Gasteiger partial charge in [-0.1, -0.05) is 0 Å². The Hall–Kier alpha value is -2.04. The molecule has 0 saturated heterocycles. The second-order valence-corrected chi connectivity index (χ2v) is 3.69. The Bertz CT molecular complexity index is 427. The lowest BCUT2D eigenvalue weighted by molar-refractivity contribution is -0.139. The molecule has 1 N–H and O–H groups in total. The van der Waals surface area contributed by atoms with E-state index in [1.54, 1.807) is 12.1 Å². The number of carbonyl (C=O) groups is 2. The lowest BCUT2D eigenvalue weighted by Gasteiger charge is -2.22. The molecule has 18 heavy (non-hydrogen) atoms. The van der Waals surface area contributed by atoms with Crippen molar-refractivity contribution >= 4 is 17.9 Å². The van der Waals surface area contributed by atoms with Crippen LogP contribution in [0, 0.1) is 0 Å². The molecule has 5 heteroatoms. The summed E-state index contributed by atoms with van der Waals surface area (Å²) in [4.78, 5) is 23.4. The Morgan fingerprint density at radius 1 is 1.39 bits per heavy atom. The Labute approximate surface area is 106 Å². The quantitative estimate of drug-likeness (QED) is 0.748. The number of nitrogens with zero attached hydrogens (tertiary/aromatic N) is 1. The molecule has 0 fully saturated rings. The van der Waals surface area contributed by atoms with Crippen molar-refractivity contribution in [2.24, 2.45) is 0 Å². The summed E-state index contributed by atoms with van der Waals surface area (Å²) in [5.41, 5.74) is 1.26. The number of carboxylic acids is 1. The maximum absolute atomic E-state index is 10.9. The fraction of sp³-hybridized carbons (Fsp3) is 0.385. The van der Waals surface area contributed by atoms with E-state index < -0.39 is 12.6 Å². The van der Waals surface area contributed by atoms with Crippen LogP contribution in [0.5, 0.6) is 5.75 Å². The van der Waals surface area contributed by atoms with Gasteiger partial charge in [0.05, 0.1) is 5.56 Å². The zero-order chi connectivity index (χ0) is 13.5. The minimum atomic E-state index is -1.07. The van der Waals surface area contributed by atoms with Gasteiger partial charge in [0.1, 0.15) is 5.75 Å². The van der Waals surface area contributed by atoms with Crippen LogP contribution in [-0.4, -0.2) is 37.1 Å². The van der Waals surface area contributed by atoms with Crippen molar-refractivity contribution < 1.29 is 19.4 Å². The molecule has 0 spiro atoms. The van der Waals surface area contributed by atoms with Gasteiger partial charge in [0.15, 0.2) is 12.9 Å². The molecule has 0 atom stereocenters. The Morgan fingerprint density at radius 2 is 2.06 bits per heavy atom. The van der Waals surface area contributed by atoms with Gasteiger partial charge in [-0.25, -0.2) is 4.79 Å². The first-order chi connectivity index (χ1) is 8.62. The van der Waals surface area contributed by atoms with Crippen LogP contribution in [0.1, 0.15) is 24.2 Å². The summed E-state index contributed by atoms with van der Waals surface area (Å²) in [6.45, 7) is 5.25. The Kier molecular flexibility index (Phi) is 5.17. The molecule has 0 unspecified atom stereocenters. The summed E-state index contributed by atoms with van der Waals surface area (Å²) >= 11 is 0. The van der Waals surface area contributed by atoms with Gasteiger partial charge >= 0.3 is 5.97 Å². The van der Waals surface area contributed by atoms with Crippen molar-refractivity contribution in [3.63, 3.8) is 0 Å². The predicted molar refractivity (Wildman–Crippen MR) is 68.5 cm³/mol. The number of anilines is 1. The van der Waals surface area contributed by atoms with Gasteiger partial charge in [0.2, 0.25) is 0 Å². The average molecular weight is 251 g/mol. The molecule has 98 valence electrons. The molecule has 0 aliphatic carbocycles. The molecule has 0 bridgehead atoms. The van der Waals surface area contributed by atoms with Gasteiger partial charge in [-0.15, -0.1) is 0 Å². The first-order valence-electron chi connectivity index (χ1n) is 5.81. The van der Waals surface area contributed by atoms with E-state index in [0.29, 0.717) is 17.6 Å². The summed E-state index contributed by atoms with van der Waals surface area (Å²) in [5.74, 6) is -0.767. The number of carbonyl (C=O) groups excluding carboxylic acids is 1. The van der Waals surface area contributed by atoms with Gasteiger partial charge in [-0.3, -0.25) is 4.79 Å². The molecular formula is C13H17NO4. The summed E-state index contributed by atoms with van der Waals surface area (Å²) in [7, 11) is 0. The monoisotopic (exact) mass is 251 g/mol. The Morgan fingerprint density at radius 3 is 2.56 bits per heavy atom. The molecule has 0 saturated carbocycles. The van der Waals surface area contributed by atoms with E-state index in [1.165, 1.54) is 0 Å². The zero-order valence-corrected chi connectivity index (χ0v) is 10.5. The summed E-state index contributed by atoms with van der Waals surface area (Å²) in [6.07, 6.45) is 0.656. The number of ether oxygens (including phenoxy) is 1. The van der Waals surface area contributed by atoms with E-state index >= 15 is 0 Å². The summed E-state index contributed by atoms with van der Waals surface area (Å²) in [6, 6.07) is 5.15. The zero-order valence-electron chi connectivity index (χ0n) is 10.5. The minimum absolute atomic E-state index is 0.303. The molecule has 0 aromatic heterocycles. The van der Waals surface area contributed by atoms with Crippen molar-refractivity contribution in [3.8, 4) is 5.75 Å². The second kappa shape index (κ2) is 6.64. The number of hydrogen-bond donors (Lipinski definition) is 1. The van der Waals surface area contributed by atoms with Gasteiger partial charge in [-0.2, -0.15) is 0 Å². The van der Waals surface area contributed by atoms with E-state index in [1.807, 2.05) is 19.9 Å². The maximum Gasteiger partial charge on any atom is 0.341 e. The molecule has 1 aromatic carbocycles. The summed E-state index contributed by atoms with van der Waals surface area (Å²) in [5, 5.41) is 8.59. The first kappa shape index (κ1) is 14.0. The molecule has 0 aliphatic heterocycles. The van der Waals surface area contributed by atoms with Crippen molar-refractivity contribution in [3.05, 3.63) is 23.8 Å². The third kappa shape index (κ3) is 3.48. The second-order valence-electron chi connectivity index (χ2n) is 3.69. The van der Waals surface area contributed by atoms with Crippen molar-refractivity contribution in [1.82, 2.24) is 0 Å². The van der Waals surface area contributed by atoms with E-state index in [0.717, 1.165) is 18.8 Å². The number of hydrogen-bond acceptors (Lipinski definition) is 4. The van der Waals surface area contributed by atoms with Crippen LogP contribution in [0.4, 0.5) is 5.69 Å². The van der Waals surface area contributed by atoms with Crippen LogP contribution < -0.4 is 9.64 Å². The van der Waals surface area contributed by atoms with Crippen LogP contribution >= 0.6 is 0 Å². The highest BCUT2D eigenvalue weighted by atomic mass is 16.5. The first-order valence-corrected chi connectivity index (χ1v) is 5.81. The SMILES string of the molecule is CCN(CC)c1ccc(C=O)c(OCC(=O)O)c1. The Balaban J connectivity index is 3.00. The van der Waals surface area contributed by atoms with Gasteiger partial charge in [0.25, 0.3) is 0 Å². The number of carboxylic acid groups (broad SMARTS) is 1. The summed E-state index contributed by atoms with van der Waals surface area (Å²) < 4.78 is 5.11. The smallest absolute Gasteiger partial charge is 0.341 e. The number of rotatable bonds is 7. The molecule has 1 aromatic rings. The van der Waals surface area contributed by atoms with E-state index in [4.69, 9.17) is 9.84 Å². The van der Waals surface area contributed by atoms with E-state index in [9.17, 15) is 9.59 Å². The highest BCUT2D eigenvalue weighted by molar-refractivity contribution is 5.81. The third-order valence-corrected chi connectivity index (χ3v) is 2.60. The van der Waals surface area contributed by atoms with Gasteiger partial charge in [-0.05, 0) is 26.0 Å².